The van der Waals surface area contributed by atoms with Crippen LogP contribution in [0, 0.1) is 5.92 Å². The van der Waals surface area contributed by atoms with E-state index in [2.05, 4.69) is 17.6 Å². The van der Waals surface area contributed by atoms with Crippen LogP contribution in [-0.2, 0) is 4.79 Å². The minimum Gasteiger partial charge on any atom is -0.396 e. The summed E-state index contributed by atoms with van der Waals surface area (Å²) in [6.07, 6.45) is 3.81. The first kappa shape index (κ1) is 15.7. The minimum atomic E-state index is 0. The average molecular weight is 251 g/mol. The fraction of sp³-hybridized carbons (Fsp3) is 0.909. The van der Waals surface area contributed by atoms with Crippen LogP contribution in [0.3, 0.4) is 0 Å². The second kappa shape index (κ2) is 8.79. The number of aliphatic hydroxyl groups excluding tert-OH is 1. The molecule has 0 saturated carbocycles. The minimum absolute atomic E-state index is 0. The summed E-state index contributed by atoms with van der Waals surface area (Å²) in [6, 6.07) is 0.0108. The summed E-state index contributed by atoms with van der Waals surface area (Å²) in [5, 5.41) is 14.9. The van der Waals surface area contributed by atoms with Crippen molar-refractivity contribution in [2.75, 3.05) is 19.7 Å². The van der Waals surface area contributed by atoms with Crippen LogP contribution in [0.15, 0.2) is 0 Å². The highest BCUT2D eigenvalue weighted by molar-refractivity contribution is 5.85. The van der Waals surface area contributed by atoms with Crippen molar-refractivity contribution in [1.82, 2.24) is 10.6 Å². The summed E-state index contributed by atoms with van der Waals surface area (Å²) >= 11 is 0. The van der Waals surface area contributed by atoms with Crippen molar-refractivity contribution < 1.29 is 9.90 Å². The van der Waals surface area contributed by atoms with Gasteiger partial charge in [0.15, 0.2) is 0 Å². The number of hydrogen-bond acceptors (Lipinski definition) is 3. The summed E-state index contributed by atoms with van der Waals surface area (Å²) in [4.78, 5) is 11.6. The zero-order valence-corrected chi connectivity index (χ0v) is 10.7. The van der Waals surface area contributed by atoms with Crippen molar-refractivity contribution in [3.8, 4) is 0 Å². The van der Waals surface area contributed by atoms with Gasteiger partial charge in [0.1, 0.15) is 0 Å². The molecule has 1 rings (SSSR count). The van der Waals surface area contributed by atoms with Crippen molar-refractivity contribution in [3.63, 3.8) is 0 Å². The maximum Gasteiger partial charge on any atom is 0.237 e. The lowest BCUT2D eigenvalue weighted by Crippen LogP contribution is -2.42. The smallest absolute Gasteiger partial charge is 0.237 e. The maximum absolute atomic E-state index is 11.6. The van der Waals surface area contributed by atoms with E-state index in [4.69, 9.17) is 5.11 Å². The number of amides is 1. The van der Waals surface area contributed by atoms with E-state index in [1.165, 1.54) is 0 Å². The second-order valence-electron chi connectivity index (χ2n) is 4.18. The Labute approximate surface area is 104 Å². The Kier molecular flexibility index (Phi) is 8.61. The molecule has 1 amide bonds. The molecule has 4 nitrogen and oxygen atoms in total. The van der Waals surface area contributed by atoms with Gasteiger partial charge >= 0.3 is 0 Å². The number of rotatable bonds is 6. The molecule has 1 aliphatic rings. The van der Waals surface area contributed by atoms with Crippen LogP contribution in [0.5, 0.6) is 0 Å². The van der Waals surface area contributed by atoms with E-state index >= 15 is 0 Å². The van der Waals surface area contributed by atoms with E-state index in [1.54, 1.807) is 0 Å². The van der Waals surface area contributed by atoms with Crippen molar-refractivity contribution >= 4 is 18.3 Å². The summed E-state index contributed by atoms with van der Waals surface area (Å²) in [7, 11) is 0. The Bertz CT molecular complexity index is 196. The quantitative estimate of drug-likeness (QED) is 0.650. The average Bonchev–Trinajstić information content (AvgIpc) is 2.77. The first-order valence-corrected chi connectivity index (χ1v) is 5.89. The number of carbonyl (C=O) groups is 1. The number of carbonyl (C=O) groups excluding carboxylic acids is 1. The summed E-state index contributed by atoms with van der Waals surface area (Å²) in [5.74, 6) is 0.518. The number of aliphatic hydroxyl groups is 1. The van der Waals surface area contributed by atoms with Gasteiger partial charge in [0, 0.05) is 13.2 Å². The molecule has 3 N–H and O–H groups in total. The Morgan fingerprint density at radius 2 is 2.38 bits per heavy atom. The molecule has 0 aromatic rings. The molecule has 1 heterocycles. The first-order chi connectivity index (χ1) is 7.27. The Morgan fingerprint density at radius 1 is 1.62 bits per heavy atom. The van der Waals surface area contributed by atoms with Crippen LogP contribution < -0.4 is 10.6 Å². The number of hydrogen-bond donors (Lipinski definition) is 3. The highest BCUT2D eigenvalue weighted by Crippen LogP contribution is 2.07. The van der Waals surface area contributed by atoms with Crippen molar-refractivity contribution in [2.45, 2.75) is 38.6 Å². The zero-order valence-electron chi connectivity index (χ0n) is 9.87. The predicted octanol–water partition coefficient (Wildman–Crippen LogP) is 0.685. The molecule has 0 spiro atoms. The van der Waals surface area contributed by atoms with Gasteiger partial charge in [-0.25, -0.2) is 0 Å². The highest BCUT2D eigenvalue weighted by atomic mass is 35.5. The molecule has 2 unspecified atom stereocenters. The fourth-order valence-electron chi connectivity index (χ4n) is 1.91. The Balaban J connectivity index is 0.00000225. The summed E-state index contributed by atoms with van der Waals surface area (Å²) in [5.41, 5.74) is 0. The molecule has 0 aromatic carbocycles. The Morgan fingerprint density at radius 3 is 2.88 bits per heavy atom. The molecular formula is C11H23ClN2O2. The lowest BCUT2D eigenvalue weighted by atomic mass is 10.0. The molecule has 0 aromatic heterocycles. The highest BCUT2D eigenvalue weighted by Gasteiger charge is 2.21. The van der Waals surface area contributed by atoms with Gasteiger partial charge in [-0.15, -0.1) is 12.4 Å². The molecule has 2 atom stereocenters. The normalized spacial score (nSPS) is 21.2. The topological polar surface area (TPSA) is 61.4 Å². The SMILES string of the molecule is CCC(CCO)CNC(=O)C1CCCN1.Cl. The Hall–Kier alpha value is -0.320. The molecule has 96 valence electrons. The van der Waals surface area contributed by atoms with E-state index in [0.29, 0.717) is 12.5 Å². The predicted molar refractivity (Wildman–Crippen MR) is 66.8 cm³/mol. The molecule has 1 aliphatic heterocycles. The van der Waals surface area contributed by atoms with Gasteiger partial charge in [-0.2, -0.15) is 0 Å². The van der Waals surface area contributed by atoms with E-state index in [1.807, 2.05) is 0 Å². The number of nitrogens with one attached hydrogen (secondary N) is 2. The van der Waals surface area contributed by atoms with Crippen LogP contribution >= 0.6 is 12.4 Å². The van der Waals surface area contributed by atoms with Gasteiger partial charge in [0.2, 0.25) is 5.91 Å². The third-order valence-electron chi connectivity index (χ3n) is 3.06. The van der Waals surface area contributed by atoms with Crippen LogP contribution in [0.2, 0.25) is 0 Å². The first-order valence-electron chi connectivity index (χ1n) is 5.89. The van der Waals surface area contributed by atoms with Crippen LogP contribution in [-0.4, -0.2) is 36.8 Å². The summed E-state index contributed by atoms with van der Waals surface area (Å²) < 4.78 is 0. The van der Waals surface area contributed by atoms with Crippen LogP contribution in [0.25, 0.3) is 0 Å². The van der Waals surface area contributed by atoms with Crippen molar-refractivity contribution in [3.05, 3.63) is 0 Å². The third kappa shape index (κ3) is 5.14. The van der Waals surface area contributed by atoms with Gasteiger partial charge in [-0.1, -0.05) is 13.3 Å². The van der Waals surface area contributed by atoms with Crippen LogP contribution in [0.1, 0.15) is 32.6 Å². The van der Waals surface area contributed by atoms with Gasteiger partial charge in [-0.3, -0.25) is 4.79 Å². The summed E-state index contributed by atoms with van der Waals surface area (Å²) in [6.45, 7) is 3.93. The standard InChI is InChI=1S/C11H22N2O2.ClH/c1-2-9(5-7-14)8-13-11(15)10-4-3-6-12-10;/h9-10,12,14H,2-8H2,1H3,(H,13,15);1H. The maximum atomic E-state index is 11.6. The lowest BCUT2D eigenvalue weighted by Gasteiger charge is -2.16. The molecule has 5 heteroatoms. The van der Waals surface area contributed by atoms with Crippen LogP contribution in [0.4, 0.5) is 0 Å². The van der Waals surface area contributed by atoms with Crippen molar-refractivity contribution in [1.29, 1.82) is 0 Å². The monoisotopic (exact) mass is 250 g/mol. The molecule has 1 fully saturated rings. The molecule has 1 saturated heterocycles. The van der Waals surface area contributed by atoms with E-state index in [9.17, 15) is 4.79 Å². The molecule has 0 aliphatic carbocycles. The molecular weight excluding hydrogens is 228 g/mol. The van der Waals surface area contributed by atoms with E-state index < -0.39 is 0 Å². The van der Waals surface area contributed by atoms with Gasteiger partial charge in [0.05, 0.1) is 6.04 Å². The van der Waals surface area contributed by atoms with Gasteiger partial charge in [-0.05, 0) is 31.7 Å². The molecule has 0 bridgehead atoms. The largest absolute Gasteiger partial charge is 0.396 e. The zero-order chi connectivity index (χ0) is 11.1. The fourth-order valence-corrected chi connectivity index (χ4v) is 1.91. The van der Waals surface area contributed by atoms with E-state index in [-0.39, 0.29) is 31.0 Å². The van der Waals surface area contributed by atoms with Crippen molar-refractivity contribution in [2.24, 2.45) is 5.92 Å². The lowest BCUT2D eigenvalue weighted by molar-refractivity contribution is -0.123. The number of halogens is 1. The van der Waals surface area contributed by atoms with E-state index in [0.717, 1.165) is 32.2 Å². The van der Waals surface area contributed by atoms with Gasteiger partial charge in [0.25, 0.3) is 0 Å². The third-order valence-corrected chi connectivity index (χ3v) is 3.06. The second-order valence-corrected chi connectivity index (χ2v) is 4.18. The van der Waals surface area contributed by atoms with Gasteiger partial charge < -0.3 is 15.7 Å². The molecule has 16 heavy (non-hydrogen) atoms. The molecule has 0 radical (unpaired) electrons.